The Morgan fingerprint density at radius 2 is 2.35 bits per heavy atom. The highest BCUT2D eigenvalue weighted by molar-refractivity contribution is 7.03. The van der Waals surface area contributed by atoms with Crippen LogP contribution < -0.4 is 4.74 Å². The van der Waals surface area contributed by atoms with Gasteiger partial charge in [0.2, 0.25) is 5.78 Å². The second kappa shape index (κ2) is 5.26. The zero-order chi connectivity index (χ0) is 13.9. The van der Waals surface area contributed by atoms with E-state index in [0.29, 0.717) is 17.0 Å². The molecule has 0 bridgehead atoms. The van der Waals surface area contributed by atoms with E-state index in [4.69, 9.17) is 9.15 Å². The van der Waals surface area contributed by atoms with Gasteiger partial charge in [-0.2, -0.15) is 0 Å². The number of carbonyl (C=O) groups is 1. The van der Waals surface area contributed by atoms with Crippen molar-refractivity contribution in [2.75, 3.05) is 7.11 Å². The number of ketones is 1. The van der Waals surface area contributed by atoms with Gasteiger partial charge in [-0.1, -0.05) is 16.6 Å². The average Bonchev–Trinajstić information content (AvgIpc) is 3.12. The quantitative estimate of drug-likeness (QED) is 0.544. The molecule has 0 N–H and O–H groups in total. The van der Waals surface area contributed by atoms with Gasteiger partial charge in [0.15, 0.2) is 17.1 Å². The third-order valence-electron chi connectivity index (χ3n) is 2.75. The monoisotopic (exact) mass is 286 g/mol. The fraction of sp³-hybridized carbons (Fsp3) is 0.0714. The van der Waals surface area contributed by atoms with E-state index in [0.717, 1.165) is 5.39 Å². The van der Waals surface area contributed by atoms with E-state index in [1.54, 1.807) is 30.7 Å². The molecule has 0 aliphatic rings. The third kappa shape index (κ3) is 2.33. The number of methoxy groups -OCH3 is 1. The molecule has 0 fully saturated rings. The number of hydrogen-bond donors (Lipinski definition) is 0. The van der Waals surface area contributed by atoms with Gasteiger partial charge in [-0.15, -0.1) is 5.10 Å². The van der Waals surface area contributed by atoms with Gasteiger partial charge in [0.1, 0.15) is 0 Å². The number of benzene rings is 1. The molecule has 0 radical (unpaired) electrons. The lowest BCUT2D eigenvalue weighted by molar-refractivity contribution is 0.102. The number of hydrogen-bond acceptors (Lipinski definition) is 6. The molecule has 0 saturated carbocycles. The van der Waals surface area contributed by atoms with Crippen molar-refractivity contribution in [3.05, 3.63) is 47.2 Å². The molecule has 6 heteroatoms. The average molecular weight is 286 g/mol. The number of aromatic nitrogens is 2. The molecule has 0 aliphatic carbocycles. The normalized spacial score (nSPS) is 11.2. The molecular weight excluding hydrogens is 276 g/mol. The maximum Gasteiger partial charge on any atom is 0.221 e. The van der Waals surface area contributed by atoms with Crippen LogP contribution in [0.3, 0.4) is 0 Å². The van der Waals surface area contributed by atoms with E-state index in [9.17, 15) is 4.79 Å². The van der Waals surface area contributed by atoms with Crippen molar-refractivity contribution in [2.24, 2.45) is 0 Å². The minimum atomic E-state index is -0.226. The highest BCUT2D eigenvalue weighted by Crippen LogP contribution is 2.28. The summed E-state index contributed by atoms with van der Waals surface area (Å²) in [7, 11) is 1.56. The van der Waals surface area contributed by atoms with Gasteiger partial charge < -0.3 is 9.15 Å². The summed E-state index contributed by atoms with van der Waals surface area (Å²) in [5, 5.41) is 6.42. The van der Waals surface area contributed by atoms with Crippen LogP contribution in [0.25, 0.3) is 17.0 Å². The Bertz CT molecular complexity index is 775. The summed E-state index contributed by atoms with van der Waals surface area (Å²) in [6.45, 7) is 0. The van der Waals surface area contributed by atoms with Gasteiger partial charge in [-0.05, 0) is 35.8 Å². The number of nitrogens with zero attached hydrogens (tertiary/aromatic N) is 2. The Hall–Kier alpha value is -2.47. The molecule has 2 heterocycles. The zero-order valence-corrected chi connectivity index (χ0v) is 11.4. The summed E-state index contributed by atoms with van der Waals surface area (Å²) in [6, 6.07) is 7.20. The molecule has 3 aromatic rings. The highest BCUT2D eigenvalue weighted by Gasteiger charge is 2.12. The van der Waals surface area contributed by atoms with Gasteiger partial charge in [-0.25, -0.2) is 0 Å². The first-order valence-corrected chi connectivity index (χ1v) is 6.67. The molecule has 0 aliphatic heterocycles. The van der Waals surface area contributed by atoms with Crippen LogP contribution in [0.2, 0.25) is 0 Å². The lowest BCUT2D eigenvalue weighted by Crippen LogP contribution is -1.90. The van der Waals surface area contributed by atoms with Crippen molar-refractivity contribution in [1.82, 2.24) is 9.59 Å². The lowest BCUT2D eigenvalue weighted by atomic mass is 10.2. The van der Waals surface area contributed by atoms with E-state index >= 15 is 0 Å². The molecule has 2 aromatic heterocycles. The molecule has 20 heavy (non-hydrogen) atoms. The van der Waals surface area contributed by atoms with Gasteiger partial charge in [0.05, 0.1) is 12.8 Å². The van der Waals surface area contributed by atoms with Gasteiger partial charge in [0.25, 0.3) is 0 Å². The van der Waals surface area contributed by atoms with Crippen molar-refractivity contribution in [2.45, 2.75) is 0 Å². The Labute approximate surface area is 118 Å². The van der Waals surface area contributed by atoms with Crippen molar-refractivity contribution in [1.29, 1.82) is 0 Å². The minimum Gasteiger partial charge on any atom is -0.493 e. The molecule has 0 atom stereocenters. The number of carbonyl (C=O) groups excluding carboxylic acids is 1. The Morgan fingerprint density at radius 3 is 3.10 bits per heavy atom. The Morgan fingerprint density at radius 1 is 1.45 bits per heavy atom. The SMILES string of the molecule is COc1cccc2cc(C(=O)C=Cc3csnn3)oc12. The van der Waals surface area contributed by atoms with Crippen LogP contribution in [0.5, 0.6) is 5.75 Å². The minimum absolute atomic E-state index is 0.226. The third-order valence-corrected chi connectivity index (χ3v) is 3.28. The van der Waals surface area contributed by atoms with Crippen LogP contribution in [0, 0.1) is 0 Å². The molecule has 0 amide bonds. The van der Waals surface area contributed by atoms with Crippen LogP contribution in [-0.2, 0) is 0 Å². The van der Waals surface area contributed by atoms with Crippen LogP contribution in [-0.4, -0.2) is 22.5 Å². The largest absolute Gasteiger partial charge is 0.493 e. The first-order chi connectivity index (χ1) is 9.78. The number of para-hydroxylation sites is 1. The van der Waals surface area contributed by atoms with Crippen molar-refractivity contribution < 1.29 is 13.9 Å². The van der Waals surface area contributed by atoms with Gasteiger partial charge >= 0.3 is 0 Å². The second-order valence-electron chi connectivity index (χ2n) is 4.02. The van der Waals surface area contributed by atoms with Crippen molar-refractivity contribution in [3.8, 4) is 5.75 Å². The highest BCUT2D eigenvalue weighted by atomic mass is 32.1. The standard InChI is InChI=1S/C14H10N2O3S/c1-18-12-4-2-3-9-7-13(19-14(9)12)11(17)6-5-10-8-20-16-15-10/h2-8H,1H3. The van der Waals surface area contributed by atoms with Gasteiger partial charge in [-0.3, -0.25) is 4.79 Å². The topological polar surface area (TPSA) is 65.2 Å². The van der Waals surface area contributed by atoms with Crippen LogP contribution in [0.15, 0.2) is 40.1 Å². The van der Waals surface area contributed by atoms with E-state index in [-0.39, 0.29) is 11.5 Å². The Kier molecular flexibility index (Phi) is 3.30. The van der Waals surface area contributed by atoms with Gasteiger partial charge in [0, 0.05) is 10.8 Å². The van der Waals surface area contributed by atoms with Crippen LogP contribution >= 0.6 is 11.5 Å². The van der Waals surface area contributed by atoms with E-state index < -0.39 is 0 Å². The molecular formula is C14H10N2O3S. The Balaban J connectivity index is 1.92. The number of rotatable bonds is 4. The fourth-order valence-electron chi connectivity index (χ4n) is 1.81. The van der Waals surface area contributed by atoms with Crippen LogP contribution in [0.1, 0.15) is 16.2 Å². The fourth-order valence-corrected chi connectivity index (χ4v) is 2.23. The smallest absolute Gasteiger partial charge is 0.221 e. The molecule has 5 nitrogen and oxygen atoms in total. The second-order valence-corrected chi connectivity index (χ2v) is 4.63. The summed E-state index contributed by atoms with van der Waals surface area (Å²) in [5.74, 6) is 0.648. The first kappa shape index (κ1) is 12.6. The van der Waals surface area contributed by atoms with E-state index in [1.807, 2.05) is 12.1 Å². The molecule has 0 unspecified atom stereocenters. The summed E-state index contributed by atoms with van der Waals surface area (Å²) in [6.07, 6.45) is 3.02. The number of furan rings is 1. The predicted molar refractivity (Wildman–Crippen MR) is 76.0 cm³/mol. The first-order valence-electron chi connectivity index (χ1n) is 5.84. The number of ether oxygens (including phenoxy) is 1. The summed E-state index contributed by atoms with van der Waals surface area (Å²) in [4.78, 5) is 12.0. The summed E-state index contributed by atoms with van der Waals surface area (Å²) in [5.41, 5.74) is 1.22. The summed E-state index contributed by atoms with van der Waals surface area (Å²) >= 11 is 1.23. The number of fused-ring (bicyclic) bond motifs is 1. The van der Waals surface area contributed by atoms with Crippen LogP contribution in [0.4, 0.5) is 0 Å². The van der Waals surface area contributed by atoms with E-state index in [2.05, 4.69) is 9.59 Å². The zero-order valence-electron chi connectivity index (χ0n) is 10.6. The maximum absolute atomic E-state index is 12.0. The molecule has 0 spiro atoms. The molecule has 0 saturated heterocycles. The summed E-state index contributed by atoms with van der Waals surface area (Å²) < 4.78 is 14.5. The number of allylic oxidation sites excluding steroid dienone is 1. The lowest BCUT2D eigenvalue weighted by Gasteiger charge is -1.98. The maximum atomic E-state index is 12.0. The molecule has 1 aromatic carbocycles. The van der Waals surface area contributed by atoms with Crippen molar-refractivity contribution >= 4 is 34.4 Å². The predicted octanol–water partition coefficient (Wildman–Crippen LogP) is 3.19. The molecule has 3 rings (SSSR count). The van der Waals surface area contributed by atoms with Crippen molar-refractivity contribution in [3.63, 3.8) is 0 Å². The van der Waals surface area contributed by atoms with E-state index in [1.165, 1.54) is 17.6 Å². The molecule has 100 valence electrons.